The van der Waals surface area contributed by atoms with E-state index in [1.807, 2.05) is 0 Å². The molecular weight excluding hydrogens is 420 g/mol. The van der Waals surface area contributed by atoms with E-state index in [2.05, 4.69) is 5.32 Å². The maximum Gasteiger partial charge on any atom is 0.225 e. The zero-order valence-electron chi connectivity index (χ0n) is 15.1. The Bertz CT molecular complexity index is 1200. The maximum absolute atomic E-state index is 14.3. The van der Waals surface area contributed by atoms with Gasteiger partial charge in [0.05, 0.1) is 17.7 Å². The van der Waals surface area contributed by atoms with Crippen LogP contribution in [0.3, 0.4) is 0 Å². The van der Waals surface area contributed by atoms with E-state index in [0.717, 1.165) is 29.5 Å². The Morgan fingerprint density at radius 3 is 2.55 bits per heavy atom. The third kappa shape index (κ3) is 3.40. The third-order valence-electron chi connectivity index (χ3n) is 4.75. The van der Waals surface area contributed by atoms with Gasteiger partial charge in [-0.3, -0.25) is 4.79 Å². The van der Waals surface area contributed by atoms with Crippen molar-refractivity contribution in [3.63, 3.8) is 0 Å². The quantitative estimate of drug-likeness (QED) is 0.662. The second-order valence-electron chi connectivity index (χ2n) is 6.49. The molecule has 0 saturated carbocycles. The number of methoxy groups -OCH3 is 1. The van der Waals surface area contributed by atoms with Gasteiger partial charge in [0.1, 0.15) is 22.3 Å². The molecular formula is C20H15F2NO4S2. The van der Waals surface area contributed by atoms with Crippen LogP contribution in [0.25, 0.3) is 0 Å². The Morgan fingerprint density at radius 1 is 1.14 bits per heavy atom. The Labute approximate surface area is 169 Å². The Balaban J connectivity index is 1.82. The highest BCUT2D eigenvalue weighted by Gasteiger charge is 2.35. The van der Waals surface area contributed by atoms with E-state index in [4.69, 9.17) is 4.74 Å². The van der Waals surface area contributed by atoms with Crippen molar-refractivity contribution in [2.24, 2.45) is 0 Å². The Hall–Kier alpha value is -2.78. The van der Waals surface area contributed by atoms with Gasteiger partial charge in [0, 0.05) is 22.6 Å². The molecule has 3 aromatic rings. The fourth-order valence-corrected chi connectivity index (χ4v) is 6.22. The van der Waals surface area contributed by atoms with Crippen molar-refractivity contribution < 1.29 is 26.7 Å². The summed E-state index contributed by atoms with van der Waals surface area (Å²) in [6.45, 7) is 0. The molecule has 0 aliphatic carbocycles. The standard InChI is InChI=1S/C20H15F2NO4S2/c1-27-12-3-5-13(6-4-12)29(25,26)17-10-28-20-15(9-18(24)23-19(17)20)14-8-11(21)2-7-16(14)22/h2-8,10,15H,9H2,1H3,(H,23,24)/t15-/m0/s1. The molecule has 4 rings (SSSR count). The van der Waals surface area contributed by atoms with Crippen molar-refractivity contribution in [1.82, 2.24) is 0 Å². The molecule has 29 heavy (non-hydrogen) atoms. The fraction of sp³-hybridized carbons (Fsp3) is 0.150. The molecule has 5 nitrogen and oxygen atoms in total. The first kappa shape index (κ1) is 19.5. The number of thiophene rings is 1. The number of carbonyl (C=O) groups excluding carboxylic acids is 1. The van der Waals surface area contributed by atoms with Crippen molar-refractivity contribution in [3.8, 4) is 5.75 Å². The summed E-state index contributed by atoms with van der Waals surface area (Å²) in [7, 11) is -2.46. The van der Waals surface area contributed by atoms with Crippen LogP contribution in [0.1, 0.15) is 22.8 Å². The summed E-state index contributed by atoms with van der Waals surface area (Å²) >= 11 is 1.09. The van der Waals surface area contributed by atoms with Crippen LogP contribution in [-0.2, 0) is 14.6 Å². The van der Waals surface area contributed by atoms with Crippen molar-refractivity contribution in [2.45, 2.75) is 22.1 Å². The predicted molar refractivity (Wildman–Crippen MR) is 104 cm³/mol. The number of anilines is 1. The van der Waals surface area contributed by atoms with Crippen molar-refractivity contribution in [3.05, 3.63) is 69.9 Å². The highest BCUT2D eigenvalue weighted by atomic mass is 32.2. The van der Waals surface area contributed by atoms with Gasteiger partial charge in [-0.2, -0.15) is 0 Å². The Kier molecular flexibility index (Phi) is 4.87. The number of amides is 1. The molecule has 150 valence electrons. The smallest absolute Gasteiger partial charge is 0.225 e. The number of rotatable bonds is 4. The monoisotopic (exact) mass is 435 g/mol. The Morgan fingerprint density at radius 2 is 1.86 bits per heavy atom. The summed E-state index contributed by atoms with van der Waals surface area (Å²) < 4.78 is 59.3. The second kappa shape index (κ2) is 7.23. The van der Waals surface area contributed by atoms with Gasteiger partial charge in [-0.25, -0.2) is 17.2 Å². The van der Waals surface area contributed by atoms with E-state index in [0.29, 0.717) is 10.6 Å². The third-order valence-corrected chi connectivity index (χ3v) is 7.79. The lowest BCUT2D eigenvalue weighted by molar-refractivity contribution is -0.116. The summed E-state index contributed by atoms with van der Waals surface area (Å²) in [5, 5.41) is 4.01. The summed E-state index contributed by atoms with van der Waals surface area (Å²) in [4.78, 5) is 12.7. The summed E-state index contributed by atoms with van der Waals surface area (Å²) in [5.41, 5.74) is 0.145. The molecule has 0 fully saturated rings. The number of fused-ring (bicyclic) bond motifs is 1. The first-order valence-electron chi connectivity index (χ1n) is 8.56. The summed E-state index contributed by atoms with van der Waals surface area (Å²) in [6.07, 6.45) is -0.101. The SMILES string of the molecule is COc1ccc(S(=O)(=O)c2csc3c2NC(=O)C[C@H]3c2cc(F)ccc2F)cc1. The molecule has 0 radical (unpaired) electrons. The molecule has 0 spiro atoms. The predicted octanol–water partition coefficient (Wildman–Crippen LogP) is 4.34. The molecule has 1 aliphatic rings. The van der Waals surface area contributed by atoms with Crippen LogP contribution >= 0.6 is 11.3 Å². The van der Waals surface area contributed by atoms with Gasteiger partial charge in [-0.05, 0) is 48.0 Å². The summed E-state index contributed by atoms with van der Waals surface area (Å²) in [5.74, 6) is -2.00. The van der Waals surface area contributed by atoms with Crippen LogP contribution in [0.4, 0.5) is 14.5 Å². The minimum atomic E-state index is -3.94. The second-order valence-corrected chi connectivity index (χ2v) is 9.32. The highest BCUT2D eigenvalue weighted by Crippen LogP contribution is 2.46. The lowest BCUT2D eigenvalue weighted by atomic mass is 9.90. The number of benzene rings is 2. The maximum atomic E-state index is 14.3. The number of hydrogen-bond donors (Lipinski definition) is 1. The zero-order valence-corrected chi connectivity index (χ0v) is 16.7. The van der Waals surface area contributed by atoms with Crippen LogP contribution in [0.5, 0.6) is 5.75 Å². The van der Waals surface area contributed by atoms with E-state index >= 15 is 0 Å². The zero-order chi connectivity index (χ0) is 20.8. The lowest BCUT2D eigenvalue weighted by Crippen LogP contribution is -2.24. The van der Waals surface area contributed by atoms with Gasteiger partial charge in [0.2, 0.25) is 15.7 Å². The number of nitrogens with one attached hydrogen (secondary N) is 1. The van der Waals surface area contributed by atoms with Gasteiger partial charge in [-0.1, -0.05) is 0 Å². The topological polar surface area (TPSA) is 72.5 Å². The minimum Gasteiger partial charge on any atom is -0.497 e. The van der Waals surface area contributed by atoms with Gasteiger partial charge >= 0.3 is 0 Å². The number of carbonyl (C=O) groups is 1. The van der Waals surface area contributed by atoms with E-state index in [-0.39, 0.29) is 27.5 Å². The molecule has 0 unspecified atom stereocenters. The molecule has 1 aliphatic heterocycles. The van der Waals surface area contributed by atoms with Crippen molar-refractivity contribution in [2.75, 3.05) is 12.4 Å². The lowest BCUT2D eigenvalue weighted by Gasteiger charge is -2.24. The first-order valence-corrected chi connectivity index (χ1v) is 10.9. The molecule has 1 atom stereocenters. The fourth-order valence-electron chi connectivity index (χ4n) is 3.32. The van der Waals surface area contributed by atoms with Crippen LogP contribution in [0, 0.1) is 11.6 Å². The highest BCUT2D eigenvalue weighted by molar-refractivity contribution is 7.91. The van der Waals surface area contributed by atoms with Crippen LogP contribution in [-0.4, -0.2) is 21.4 Å². The molecule has 1 N–H and O–H groups in total. The number of hydrogen-bond acceptors (Lipinski definition) is 5. The molecule has 1 aromatic heterocycles. The van der Waals surface area contributed by atoms with Crippen molar-refractivity contribution >= 4 is 32.8 Å². The van der Waals surface area contributed by atoms with E-state index < -0.39 is 33.3 Å². The molecule has 2 aromatic carbocycles. The van der Waals surface area contributed by atoms with E-state index in [1.54, 1.807) is 0 Å². The molecule has 2 heterocycles. The van der Waals surface area contributed by atoms with E-state index in [9.17, 15) is 22.0 Å². The summed E-state index contributed by atoms with van der Waals surface area (Å²) in [6, 6.07) is 8.90. The van der Waals surface area contributed by atoms with Gasteiger partial charge in [-0.15, -0.1) is 11.3 Å². The van der Waals surface area contributed by atoms with E-state index in [1.165, 1.54) is 36.8 Å². The van der Waals surface area contributed by atoms with Crippen LogP contribution < -0.4 is 10.1 Å². The largest absolute Gasteiger partial charge is 0.497 e. The first-order chi connectivity index (χ1) is 13.8. The average molecular weight is 435 g/mol. The average Bonchev–Trinajstić information content (AvgIpc) is 3.14. The molecule has 0 saturated heterocycles. The normalized spacial score (nSPS) is 16.2. The molecule has 9 heteroatoms. The van der Waals surface area contributed by atoms with Crippen LogP contribution in [0.15, 0.2) is 57.6 Å². The van der Waals surface area contributed by atoms with Gasteiger partial charge in [0.15, 0.2) is 0 Å². The number of sulfone groups is 1. The van der Waals surface area contributed by atoms with Crippen molar-refractivity contribution in [1.29, 1.82) is 0 Å². The molecule has 1 amide bonds. The minimum absolute atomic E-state index is 0.0244. The van der Waals surface area contributed by atoms with Gasteiger partial charge in [0.25, 0.3) is 0 Å². The molecule has 0 bridgehead atoms. The number of ether oxygens (including phenoxy) is 1. The van der Waals surface area contributed by atoms with Gasteiger partial charge < -0.3 is 10.1 Å². The number of halogens is 2. The van der Waals surface area contributed by atoms with Crippen LogP contribution in [0.2, 0.25) is 0 Å².